The first-order chi connectivity index (χ1) is 39.5. The van der Waals surface area contributed by atoms with Crippen molar-refractivity contribution >= 4 is 11.9 Å². The number of hydrogen-bond acceptors (Lipinski definition) is 5. The first-order valence-electron chi connectivity index (χ1n) is 36.9. The molecule has 0 bridgehead atoms. The van der Waals surface area contributed by atoms with Gasteiger partial charge in [0.05, 0.1) is 25.4 Å². The molecule has 2 atom stereocenters. The first kappa shape index (κ1) is 78.6. The zero-order valence-electron chi connectivity index (χ0n) is 54.6. The largest absolute Gasteiger partial charge is 0.466 e. The van der Waals surface area contributed by atoms with E-state index in [1.807, 2.05) is 0 Å². The average molecular weight is 1130 g/mol. The molecule has 1 amide bonds. The van der Waals surface area contributed by atoms with E-state index < -0.39 is 12.1 Å². The predicted octanol–water partition coefficient (Wildman–Crippen LogP) is 23.9. The Labute approximate surface area is 501 Å². The van der Waals surface area contributed by atoms with Crippen molar-refractivity contribution in [3.05, 3.63) is 12.2 Å². The van der Waals surface area contributed by atoms with Crippen molar-refractivity contribution in [3.8, 4) is 0 Å². The quantitative estimate of drug-likeness (QED) is 0.0320. The monoisotopic (exact) mass is 1130 g/mol. The highest BCUT2D eigenvalue weighted by molar-refractivity contribution is 5.76. The molecule has 0 spiro atoms. The van der Waals surface area contributed by atoms with Crippen LogP contribution in [-0.2, 0) is 14.3 Å². The number of unbranched alkanes of at least 4 members (excludes halogenated alkanes) is 57. The van der Waals surface area contributed by atoms with Gasteiger partial charge in [0.25, 0.3) is 0 Å². The highest BCUT2D eigenvalue weighted by Gasteiger charge is 2.20. The van der Waals surface area contributed by atoms with Crippen LogP contribution in [0.3, 0.4) is 0 Å². The summed E-state index contributed by atoms with van der Waals surface area (Å²) in [6.45, 7) is 4.97. The molecule has 2 unspecified atom stereocenters. The smallest absolute Gasteiger partial charge is 0.305 e. The SMILES string of the molecule is CCCCC/C=C\CCCCCCCC(=O)OCCCCCCCCCCCCCCCCCCCCCCCCCCCCCCCCCCCC(=O)NC(CO)C(O)CCCCCCCCCCCCCCCCCCCC. The molecule has 0 aromatic rings. The zero-order valence-corrected chi connectivity index (χ0v) is 54.6. The molecule has 0 saturated carbocycles. The summed E-state index contributed by atoms with van der Waals surface area (Å²) in [7, 11) is 0. The lowest BCUT2D eigenvalue weighted by Crippen LogP contribution is -2.45. The van der Waals surface area contributed by atoms with Gasteiger partial charge in [-0.3, -0.25) is 9.59 Å². The van der Waals surface area contributed by atoms with E-state index in [1.54, 1.807) is 0 Å². The van der Waals surface area contributed by atoms with Gasteiger partial charge in [0.15, 0.2) is 0 Å². The molecule has 0 saturated heterocycles. The van der Waals surface area contributed by atoms with Crippen molar-refractivity contribution in [1.29, 1.82) is 0 Å². The lowest BCUT2D eigenvalue weighted by molar-refractivity contribution is -0.143. The minimum Gasteiger partial charge on any atom is -0.466 e. The van der Waals surface area contributed by atoms with Crippen molar-refractivity contribution in [2.24, 2.45) is 0 Å². The minimum absolute atomic E-state index is 0.0124. The van der Waals surface area contributed by atoms with Gasteiger partial charge >= 0.3 is 5.97 Å². The summed E-state index contributed by atoms with van der Waals surface area (Å²) < 4.78 is 5.48. The van der Waals surface area contributed by atoms with E-state index >= 15 is 0 Å². The van der Waals surface area contributed by atoms with Crippen molar-refractivity contribution < 1.29 is 24.5 Å². The Morgan fingerprint density at radius 3 is 0.912 bits per heavy atom. The Kier molecular flexibility index (Phi) is 68.9. The second-order valence-corrected chi connectivity index (χ2v) is 25.6. The highest BCUT2D eigenvalue weighted by Crippen LogP contribution is 2.20. The lowest BCUT2D eigenvalue weighted by atomic mass is 10.0. The fourth-order valence-corrected chi connectivity index (χ4v) is 11.9. The Hall–Kier alpha value is -1.40. The lowest BCUT2D eigenvalue weighted by Gasteiger charge is -2.22. The maximum atomic E-state index is 12.5. The van der Waals surface area contributed by atoms with E-state index in [-0.39, 0.29) is 18.5 Å². The molecule has 0 aromatic carbocycles. The van der Waals surface area contributed by atoms with Crippen molar-refractivity contribution in [1.82, 2.24) is 5.32 Å². The van der Waals surface area contributed by atoms with E-state index in [1.165, 1.54) is 347 Å². The van der Waals surface area contributed by atoms with Crippen LogP contribution in [0, 0.1) is 0 Å². The van der Waals surface area contributed by atoms with E-state index in [2.05, 4.69) is 31.3 Å². The van der Waals surface area contributed by atoms with Crippen LogP contribution in [0.4, 0.5) is 0 Å². The predicted molar refractivity (Wildman–Crippen MR) is 352 cm³/mol. The van der Waals surface area contributed by atoms with Gasteiger partial charge in [0.2, 0.25) is 5.91 Å². The van der Waals surface area contributed by atoms with Gasteiger partial charge in [-0.2, -0.15) is 0 Å². The third-order valence-corrected chi connectivity index (χ3v) is 17.6. The van der Waals surface area contributed by atoms with E-state index in [0.717, 1.165) is 44.9 Å². The van der Waals surface area contributed by atoms with Crippen LogP contribution in [0.2, 0.25) is 0 Å². The molecule has 80 heavy (non-hydrogen) atoms. The molecule has 6 heteroatoms. The minimum atomic E-state index is -0.661. The van der Waals surface area contributed by atoms with Crippen molar-refractivity contribution in [2.45, 2.75) is 437 Å². The number of rotatable bonds is 70. The molecule has 476 valence electrons. The summed E-state index contributed by atoms with van der Waals surface area (Å²) in [5, 5.41) is 23.4. The molecular formula is C74H145NO5. The summed E-state index contributed by atoms with van der Waals surface area (Å²) >= 11 is 0. The average Bonchev–Trinajstić information content (AvgIpc) is 3.46. The second-order valence-electron chi connectivity index (χ2n) is 25.6. The fourth-order valence-electron chi connectivity index (χ4n) is 11.9. The molecule has 0 heterocycles. The number of aliphatic hydroxyl groups excluding tert-OH is 2. The molecule has 3 N–H and O–H groups in total. The molecule has 6 nitrogen and oxygen atoms in total. The molecule has 0 radical (unpaired) electrons. The van der Waals surface area contributed by atoms with Gasteiger partial charge in [-0.1, -0.05) is 373 Å². The summed E-state index contributed by atoms with van der Waals surface area (Å²) in [6, 6.07) is -0.537. The van der Waals surface area contributed by atoms with Gasteiger partial charge in [-0.15, -0.1) is 0 Å². The fraction of sp³-hybridized carbons (Fsp3) is 0.946. The van der Waals surface area contributed by atoms with E-state index in [9.17, 15) is 19.8 Å². The third kappa shape index (κ3) is 65.7. The van der Waals surface area contributed by atoms with Crippen LogP contribution in [0.1, 0.15) is 425 Å². The molecular weight excluding hydrogens is 983 g/mol. The van der Waals surface area contributed by atoms with Crippen molar-refractivity contribution in [3.63, 3.8) is 0 Å². The number of hydrogen-bond donors (Lipinski definition) is 3. The Bertz CT molecular complexity index is 1210. The van der Waals surface area contributed by atoms with Gasteiger partial charge in [0.1, 0.15) is 0 Å². The first-order valence-corrected chi connectivity index (χ1v) is 36.9. The Morgan fingerprint density at radius 1 is 0.338 bits per heavy atom. The molecule has 0 aliphatic carbocycles. The topological polar surface area (TPSA) is 95.9 Å². The molecule has 0 aliphatic heterocycles. The molecule has 0 aliphatic rings. The standard InChI is InChI=1S/C74H145NO5/c1-3-5-7-9-11-13-15-17-18-19-37-40-43-46-50-54-58-62-66-72(77)71(70-76)75-73(78)67-63-59-55-51-47-44-41-38-35-33-31-29-27-25-23-21-20-22-24-26-28-30-32-34-36-39-42-45-49-53-57-61-65-69-80-74(79)68-64-60-56-52-48-16-14-12-10-8-6-4-2/h12,14,71-72,76-77H,3-11,13,15-70H2,1-2H3,(H,75,78)/b14-12-. The number of esters is 1. The number of amides is 1. The number of carbonyl (C=O) groups excluding carboxylic acids is 2. The highest BCUT2D eigenvalue weighted by atomic mass is 16.5. The van der Waals surface area contributed by atoms with Crippen LogP contribution in [0.15, 0.2) is 12.2 Å². The maximum Gasteiger partial charge on any atom is 0.305 e. The van der Waals surface area contributed by atoms with Crippen LogP contribution >= 0.6 is 0 Å². The van der Waals surface area contributed by atoms with Crippen LogP contribution in [0.25, 0.3) is 0 Å². The number of aliphatic hydroxyl groups is 2. The van der Waals surface area contributed by atoms with E-state index in [4.69, 9.17) is 4.74 Å². The molecule has 0 aromatic heterocycles. The van der Waals surface area contributed by atoms with Gasteiger partial charge in [-0.25, -0.2) is 0 Å². The van der Waals surface area contributed by atoms with Crippen LogP contribution in [0.5, 0.6) is 0 Å². The third-order valence-electron chi connectivity index (χ3n) is 17.6. The summed E-state index contributed by atoms with van der Waals surface area (Å²) in [4.78, 5) is 24.6. The summed E-state index contributed by atoms with van der Waals surface area (Å²) in [5.74, 6) is -0.0131. The maximum absolute atomic E-state index is 12.5. The number of nitrogens with one attached hydrogen (secondary N) is 1. The van der Waals surface area contributed by atoms with E-state index in [0.29, 0.717) is 25.9 Å². The Morgan fingerprint density at radius 2 is 0.588 bits per heavy atom. The Balaban J connectivity index is 3.31. The molecule has 0 rings (SSSR count). The van der Waals surface area contributed by atoms with Crippen LogP contribution in [-0.4, -0.2) is 47.4 Å². The number of ether oxygens (including phenoxy) is 1. The number of carbonyl (C=O) groups is 2. The second kappa shape index (κ2) is 70.1. The van der Waals surface area contributed by atoms with Gasteiger partial charge < -0.3 is 20.3 Å². The van der Waals surface area contributed by atoms with Crippen molar-refractivity contribution in [2.75, 3.05) is 13.2 Å². The van der Waals surface area contributed by atoms with Crippen LogP contribution < -0.4 is 5.32 Å². The summed E-state index contributed by atoms with van der Waals surface area (Å²) in [5.41, 5.74) is 0. The van der Waals surface area contributed by atoms with Gasteiger partial charge in [-0.05, 0) is 51.4 Å². The number of allylic oxidation sites excluding steroid dienone is 2. The summed E-state index contributed by atoms with van der Waals surface area (Å²) in [6.07, 6.45) is 87.1. The molecule has 0 fully saturated rings. The normalized spacial score (nSPS) is 12.5. The zero-order chi connectivity index (χ0) is 57.8. The van der Waals surface area contributed by atoms with Gasteiger partial charge in [0, 0.05) is 12.8 Å².